The summed E-state index contributed by atoms with van der Waals surface area (Å²) in [5, 5.41) is 2.80. The predicted octanol–water partition coefficient (Wildman–Crippen LogP) is 3.85. The largest absolute Gasteiger partial charge is 0.493 e. The summed E-state index contributed by atoms with van der Waals surface area (Å²) in [6, 6.07) is 15.0. The monoisotopic (exact) mass is 528 g/mol. The van der Waals surface area contributed by atoms with Crippen LogP contribution in [-0.2, 0) is 21.4 Å². The van der Waals surface area contributed by atoms with Crippen LogP contribution in [0.2, 0.25) is 0 Å². The highest BCUT2D eigenvalue weighted by atomic mass is 32.2. The molecule has 10 heteroatoms. The Bertz CT molecular complexity index is 1350. The number of anilines is 1. The molecule has 3 aromatic carbocycles. The van der Waals surface area contributed by atoms with E-state index in [1.54, 1.807) is 37.4 Å². The van der Waals surface area contributed by atoms with Gasteiger partial charge >= 0.3 is 0 Å². The molecule has 0 aliphatic carbocycles. The summed E-state index contributed by atoms with van der Waals surface area (Å²) in [5.41, 5.74) is 2.89. The fourth-order valence-corrected chi connectivity index (χ4v) is 5.31. The van der Waals surface area contributed by atoms with Crippen LogP contribution < -0.4 is 28.6 Å². The molecule has 0 atom stereocenters. The van der Waals surface area contributed by atoms with Crippen molar-refractivity contribution < 1.29 is 32.2 Å². The molecule has 0 saturated heterocycles. The summed E-state index contributed by atoms with van der Waals surface area (Å²) in [6.45, 7) is 3.49. The van der Waals surface area contributed by atoms with Crippen molar-refractivity contribution in [2.75, 3.05) is 39.3 Å². The van der Waals surface area contributed by atoms with Gasteiger partial charge in [0.05, 0.1) is 39.0 Å². The lowest BCUT2D eigenvalue weighted by Crippen LogP contribution is -2.40. The van der Waals surface area contributed by atoms with Gasteiger partial charge in [0.2, 0.25) is 5.91 Å². The second kappa shape index (κ2) is 11.9. The summed E-state index contributed by atoms with van der Waals surface area (Å²) in [6.07, 6.45) is 0. The molecule has 9 nitrogen and oxygen atoms in total. The van der Waals surface area contributed by atoms with Crippen LogP contribution in [-0.4, -0.2) is 49.3 Å². The first-order valence-corrected chi connectivity index (χ1v) is 12.9. The lowest BCUT2D eigenvalue weighted by molar-refractivity contribution is -0.119. The van der Waals surface area contributed by atoms with Gasteiger partial charge in [0, 0.05) is 12.6 Å². The second-order valence-electron chi connectivity index (χ2n) is 8.34. The van der Waals surface area contributed by atoms with Crippen LogP contribution >= 0.6 is 0 Å². The number of hydrogen-bond donors (Lipinski definition) is 1. The standard InChI is InChI=1S/C27H32N2O7S/c1-18-11-19(2)13-21(12-18)29(37(31,32)22-8-10-24(34-4)26(15-22)36-6)17-27(30)28-16-20-7-9-23(33-3)25(14-20)35-5/h7-15H,16-17H2,1-6H3,(H,28,30). The SMILES string of the molecule is COc1ccc(CNC(=O)CN(c2cc(C)cc(C)c2)S(=O)(=O)c2ccc(OC)c(OC)c2)cc1OC. The van der Waals surface area contributed by atoms with Crippen molar-refractivity contribution in [3.63, 3.8) is 0 Å². The van der Waals surface area contributed by atoms with E-state index in [1.165, 1.54) is 39.5 Å². The lowest BCUT2D eigenvalue weighted by atomic mass is 10.1. The molecular weight excluding hydrogens is 496 g/mol. The molecule has 3 rings (SSSR count). The fraction of sp³-hybridized carbons (Fsp3) is 0.296. The molecule has 0 radical (unpaired) electrons. The molecule has 0 aromatic heterocycles. The van der Waals surface area contributed by atoms with Crippen LogP contribution in [0.25, 0.3) is 0 Å². The molecule has 0 unspecified atom stereocenters. The summed E-state index contributed by atoms with van der Waals surface area (Å²) in [5.74, 6) is 1.29. The van der Waals surface area contributed by atoms with E-state index in [1.807, 2.05) is 19.9 Å². The highest BCUT2D eigenvalue weighted by Gasteiger charge is 2.28. The molecule has 0 spiro atoms. The molecular formula is C27H32N2O7S. The first kappa shape index (κ1) is 27.7. The van der Waals surface area contributed by atoms with Gasteiger partial charge < -0.3 is 24.3 Å². The van der Waals surface area contributed by atoms with Crippen molar-refractivity contribution in [1.29, 1.82) is 0 Å². The number of carbonyl (C=O) groups is 1. The number of hydrogen-bond acceptors (Lipinski definition) is 7. The Balaban J connectivity index is 1.92. The van der Waals surface area contributed by atoms with Crippen LogP contribution in [0.3, 0.4) is 0 Å². The van der Waals surface area contributed by atoms with Crippen molar-refractivity contribution in [3.8, 4) is 23.0 Å². The van der Waals surface area contributed by atoms with Gasteiger partial charge in [-0.05, 0) is 66.9 Å². The second-order valence-corrected chi connectivity index (χ2v) is 10.2. The normalized spacial score (nSPS) is 11.0. The first-order chi connectivity index (χ1) is 17.6. The Hall–Kier alpha value is -3.92. The quantitative estimate of drug-likeness (QED) is 0.403. The Morgan fingerprint density at radius 2 is 1.30 bits per heavy atom. The fourth-order valence-electron chi connectivity index (χ4n) is 3.89. The molecule has 198 valence electrons. The molecule has 37 heavy (non-hydrogen) atoms. The van der Waals surface area contributed by atoms with E-state index in [0.29, 0.717) is 22.9 Å². The topological polar surface area (TPSA) is 103 Å². The molecule has 3 aromatic rings. The number of aryl methyl sites for hydroxylation is 2. The average molecular weight is 529 g/mol. The van der Waals surface area contributed by atoms with Gasteiger partial charge in [-0.3, -0.25) is 9.10 Å². The summed E-state index contributed by atoms with van der Waals surface area (Å²) in [7, 11) is 1.82. The van der Waals surface area contributed by atoms with Crippen molar-refractivity contribution in [2.45, 2.75) is 25.3 Å². The van der Waals surface area contributed by atoms with E-state index in [0.717, 1.165) is 21.0 Å². The molecule has 0 fully saturated rings. The van der Waals surface area contributed by atoms with Gasteiger partial charge in [0.1, 0.15) is 6.54 Å². The molecule has 0 aliphatic rings. The zero-order chi connectivity index (χ0) is 27.2. The van der Waals surface area contributed by atoms with Crippen LogP contribution in [0.1, 0.15) is 16.7 Å². The zero-order valence-electron chi connectivity index (χ0n) is 21.8. The zero-order valence-corrected chi connectivity index (χ0v) is 22.6. The summed E-state index contributed by atoms with van der Waals surface area (Å²) < 4.78 is 49.8. The van der Waals surface area contributed by atoms with Crippen molar-refractivity contribution in [2.24, 2.45) is 0 Å². The summed E-state index contributed by atoms with van der Waals surface area (Å²) >= 11 is 0. The van der Waals surface area contributed by atoms with Crippen LogP contribution in [0.15, 0.2) is 59.5 Å². The number of ether oxygens (including phenoxy) is 4. The number of methoxy groups -OCH3 is 4. The Labute approximate surface area is 218 Å². The van der Waals surface area contributed by atoms with Crippen molar-refractivity contribution in [1.82, 2.24) is 5.32 Å². The number of sulfonamides is 1. The summed E-state index contributed by atoms with van der Waals surface area (Å²) in [4.78, 5) is 13.0. The number of nitrogens with zero attached hydrogens (tertiary/aromatic N) is 1. The maximum absolute atomic E-state index is 13.8. The van der Waals surface area contributed by atoms with E-state index in [4.69, 9.17) is 18.9 Å². The molecule has 0 heterocycles. The van der Waals surface area contributed by atoms with Gasteiger partial charge in [-0.25, -0.2) is 8.42 Å². The minimum absolute atomic E-state index is 0.0306. The van der Waals surface area contributed by atoms with Gasteiger partial charge in [0.25, 0.3) is 10.0 Å². The minimum Gasteiger partial charge on any atom is -0.493 e. The van der Waals surface area contributed by atoms with E-state index < -0.39 is 22.5 Å². The van der Waals surface area contributed by atoms with E-state index in [9.17, 15) is 13.2 Å². The molecule has 1 N–H and O–H groups in total. The smallest absolute Gasteiger partial charge is 0.264 e. The first-order valence-electron chi connectivity index (χ1n) is 11.4. The van der Waals surface area contributed by atoms with Crippen LogP contribution in [0.5, 0.6) is 23.0 Å². The number of rotatable bonds is 11. The third-order valence-corrected chi connectivity index (χ3v) is 7.43. The van der Waals surface area contributed by atoms with E-state index >= 15 is 0 Å². The van der Waals surface area contributed by atoms with Gasteiger partial charge in [-0.2, -0.15) is 0 Å². The lowest BCUT2D eigenvalue weighted by Gasteiger charge is -2.25. The molecule has 1 amide bonds. The Kier molecular flexibility index (Phi) is 8.88. The van der Waals surface area contributed by atoms with Crippen molar-refractivity contribution >= 4 is 21.6 Å². The number of amides is 1. The number of benzene rings is 3. The number of carbonyl (C=O) groups excluding carboxylic acids is 1. The minimum atomic E-state index is -4.14. The van der Waals surface area contributed by atoms with E-state index in [2.05, 4.69) is 5.32 Å². The van der Waals surface area contributed by atoms with E-state index in [-0.39, 0.29) is 17.2 Å². The highest BCUT2D eigenvalue weighted by molar-refractivity contribution is 7.92. The average Bonchev–Trinajstić information content (AvgIpc) is 2.89. The highest BCUT2D eigenvalue weighted by Crippen LogP contribution is 2.33. The maximum Gasteiger partial charge on any atom is 0.264 e. The molecule has 0 aliphatic heterocycles. The van der Waals surface area contributed by atoms with Crippen LogP contribution in [0.4, 0.5) is 5.69 Å². The Morgan fingerprint density at radius 1 is 0.757 bits per heavy atom. The maximum atomic E-state index is 13.8. The van der Waals surface area contributed by atoms with Crippen molar-refractivity contribution in [3.05, 3.63) is 71.3 Å². The third-order valence-electron chi connectivity index (χ3n) is 5.66. The number of nitrogens with one attached hydrogen (secondary N) is 1. The third kappa shape index (κ3) is 6.45. The predicted molar refractivity (Wildman–Crippen MR) is 141 cm³/mol. The molecule has 0 bridgehead atoms. The van der Waals surface area contributed by atoms with Gasteiger partial charge in [-0.1, -0.05) is 12.1 Å². The van der Waals surface area contributed by atoms with Gasteiger partial charge in [-0.15, -0.1) is 0 Å². The van der Waals surface area contributed by atoms with Gasteiger partial charge in [0.15, 0.2) is 23.0 Å². The Morgan fingerprint density at radius 3 is 1.86 bits per heavy atom. The van der Waals surface area contributed by atoms with Crippen LogP contribution in [0, 0.1) is 13.8 Å². The molecule has 0 saturated carbocycles.